The van der Waals surface area contributed by atoms with Crippen LogP contribution < -0.4 is 15.1 Å². The minimum atomic E-state index is 0. The van der Waals surface area contributed by atoms with Gasteiger partial charge in [-0.25, -0.2) is 0 Å². The Morgan fingerprint density at radius 2 is 0.935 bits per heavy atom. The second-order valence-electron chi connectivity index (χ2n) is 18.0. The average molecular weight is 843 g/mol. The molecule has 2 aliphatic carbocycles. The summed E-state index contributed by atoms with van der Waals surface area (Å²) in [7, 11) is 0. The number of hydrogen-bond donors (Lipinski definition) is 1. The number of hydrogen-bond acceptors (Lipinski definition) is 6. The Morgan fingerprint density at radius 1 is 0.500 bits per heavy atom. The number of nitrogens with one attached hydrogen (secondary N) is 1. The van der Waals surface area contributed by atoms with Gasteiger partial charge in [0.25, 0.3) is 11.8 Å². The van der Waals surface area contributed by atoms with Crippen LogP contribution in [0.15, 0.2) is 109 Å². The van der Waals surface area contributed by atoms with E-state index in [-0.39, 0.29) is 38.9 Å². The largest absolute Gasteiger partial charge is 0.372 e. The summed E-state index contributed by atoms with van der Waals surface area (Å²) < 4.78 is 12.2. The Bertz CT molecular complexity index is 1890. The quantitative estimate of drug-likeness (QED) is 0.162. The van der Waals surface area contributed by atoms with Crippen LogP contribution in [0.3, 0.4) is 0 Å². The zero-order valence-electron chi connectivity index (χ0n) is 35.6. The van der Waals surface area contributed by atoms with Crippen LogP contribution in [0.1, 0.15) is 130 Å². The highest BCUT2D eigenvalue weighted by molar-refractivity contribution is 5.95. The van der Waals surface area contributed by atoms with E-state index in [4.69, 9.17) is 9.47 Å². The van der Waals surface area contributed by atoms with Crippen molar-refractivity contribution in [1.82, 2.24) is 10.2 Å². The number of rotatable bonds is 11. The third-order valence-corrected chi connectivity index (χ3v) is 13.6. The van der Waals surface area contributed by atoms with Crippen molar-refractivity contribution in [3.8, 4) is 0 Å². The van der Waals surface area contributed by atoms with Crippen molar-refractivity contribution >= 4 is 23.2 Å². The molecule has 0 spiro atoms. The van der Waals surface area contributed by atoms with Gasteiger partial charge < -0.3 is 29.5 Å². The molecule has 0 radical (unpaired) electrons. The molecule has 2 atom stereocenters. The van der Waals surface area contributed by atoms with Crippen LogP contribution in [0.4, 0.5) is 11.4 Å². The normalized spacial score (nSPS) is 22.5. The van der Waals surface area contributed by atoms with Gasteiger partial charge in [0.05, 0.1) is 25.4 Å². The lowest BCUT2D eigenvalue weighted by Gasteiger charge is -2.23. The fourth-order valence-corrected chi connectivity index (χ4v) is 9.92. The molecule has 334 valence electrons. The second-order valence-corrected chi connectivity index (χ2v) is 18.0. The molecule has 0 aromatic heterocycles. The molecule has 8 nitrogen and oxygen atoms in total. The molecule has 4 aliphatic heterocycles. The van der Waals surface area contributed by atoms with Gasteiger partial charge in [-0.3, -0.25) is 9.59 Å². The van der Waals surface area contributed by atoms with Gasteiger partial charge in [-0.05, 0) is 123 Å². The van der Waals surface area contributed by atoms with Gasteiger partial charge in [0.1, 0.15) is 0 Å². The van der Waals surface area contributed by atoms with E-state index in [9.17, 15) is 9.59 Å². The van der Waals surface area contributed by atoms with E-state index in [1.165, 1.54) is 80.3 Å². The highest BCUT2D eigenvalue weighted by Gasteiger charge is 2.32. The van der Waals surface area contributed by atoms with Crippen LogP contribution in [0, 0.1) is 11.8 Å². The molecule has 10 rings (SSSR count). The molecule has 4 saturated heterocycles. The van der Waals surface area contributed by atoms with E-state index in [2.05, 4.69) is 92.8 Å². The lowest BCUT2D eigenvalue weighted by Crippen LogP contribution is -2.35. The van der Waals surface area contributed by atoms with Crippen molar-refractivity contribution in [2.75, 3.05) is 49.1 Å². The molecular formula is C54H74N4O4. The van der Waals surface area contributed by atoms with Gasteiger partial charge in [0, 0.05) is 67.8 Å². The highest BCUT2D eigenvalue weighted by Crippen LogP contribution is 2.35. The number of nitrogens with zero attached hydrogens (tertiary/aromatic N) is 3. The molecule has 2 bridgehead atoms. The van der Waals surface area contributed by atoms with Crippen LogP contribution in [0.25, 0.3) is 0 Å². The van der Waals surface area contributed by atoms with Gasteiger partial charge in [0.2, 0.25) is 0 Å². The lowest BCUT2D eigenvalue weighted by atomic mass is 9.84. The number of fused-ring (bicyclic) bond motifs is 4. The van der Waals surface area contributed by atoms with E-state index in [0.717, 1.165) is 76.1 Å². The molecule has 6 fully saturated rings. The zero-order chi connectivity index (χ0) is 40.9. The maximum absolute atomic E-state index is 13.1. The number of carbonyl (C=O) groups excluding carboxylic acids is 2. The topological polar surface area (TPSA) is 74.4 Å². The van der Waals surface area contributed by atoms with Crippen LogP contribution in [-0.4, -0.2) is 74.2 Å². The van der Waals surface area contributed by atoms with Crippen molar-refractivity contribution < 1.29 is 19.1 Å². The molecule has 4 aromatic carbocycles. The Labute approximate surface area is 373 Å². The summed E-state index contributed by atoms with van der Waals surface area (Å²) >= 11 is 0. The maximum Gasteiger partial charge on any atom is 0.253 e. The van der Waals surface area contributed by atoms with Crippen LogP contribution in [-0.2, 0) is 22.7 Å². The van der Waals surface area contributed by atoms with Gasteiger partial charge in [-0.1, -0.05) is 108 Å². The first-order valence-electron chi connectivity index (χ1n) is 23.1. The average Bonchev–Trinajstić information content (AvgIpc) is 3.87. The fraction of sp³-hybridized carbons (Fsp3) is 0.519. The predicted octanol–water partition coefficient (Wildman–Crippen LogP) is 11.3. The second kappa shape index (κ2) is 23.7. The number of ether oxygens (including phenoxy) is 2. The van der Waals surface area contributed by atoms with E-state index in [1.807, 2.05) is 36.4 Å². The van der Waals surface area contributed by atoms with Crippen LogP contribution in [0.2, 0.25) is 0 Å². The monoisotopic (exact) mass is 843 g/mol. The Balaban J connectivity index is 0.000000200. The Morgan fingerprint density at radius 3 is 1.40 bits per heavy atom. The van der Waals surface area contributed by atoms with Crippen molar-refractivity contribution in [3.63, 3.8) is 0 Å². The maximum atomic E-state index is 13.1. The standard InChI is InChI=1S/C26H32N2O2.C26H34N2O2.2CH4/c29-26(28-16-20-6-7-21(17-28)9-8-20)23-10-12-24(13-11-23)27-15-14-25(18-27)30-19-22-4-2-1-3-5-22;29-26(27-23-11-7-2-1-3-8-12-23)22-13-15-24(16-14-22)28-18-17-25(19-28)30-20-21-9-5-4-6-10-21;;/h1-5,10-13,20-21,25H,6-9,14-19H2;4-6,9-10,13-16,23,25H,1-3,7-8,11-12,17-20H2,(H,27,29);2*1H4. The molecule has 2 amide bonds. The van der Waals surface area contributed by atoms with E-state index in [1.54, 1.807) is 0 Å². The fourth-order valence-electron chi connectivity index (χ4n) is 9.92. The predicted molar refractivity (Wildman–Crippen MR) is 255 cm³/mol. The third-order valence-electron chi connectivity index (χ3n) is 13.6. The molecule has 6 aliphatic rings. The van der Waals surface area contributed by atoms with Gasteiger partial charge in [-0.2, -0.15) is 0 Å². The van der Waals surface area contributed by atoms with Crippen molar-refractivity contribution in [3.05, 3.63) is 131 Å². The molecule has 62 heavy (non-hydrogen) atoms. The molecular weight excluding hydrogens is 769 g/mol. The van der Waals surface area contributed by atoms with Gasteiger partial charge in [-0.15, -0.1) is 0 Å². The number of amides is 2. The van der Waals surface area contributed by atoms with Crippen molar-refractivity contribution in [2.45, 2.75) is 130 Å². The first-order valence-corrected chi connectivity index (χ1v) is 23.1. The Hall–Kier alpha value is -4.66. The molecule has 8 heteroatoms. The van der Waals surface area contributed by atoms with Crippen molar-refractivity contribution in [2.24, 2.45) is 11.8 Å². The molecule has 1 N–H and O–H groups in total. The SMILES string of the molecule is C.C.O=C(NC1CCCCCCC1)c1ccc(N2CCC(OCc3ccccc3)C2)cc1.O=C(c1ccc(N2CCC(OCc3ccccc3)C2)cc1)N1CC2CCC(CC2)C1. The number of benzene rings is 4. The summed E-state index contributed by atoms with van der Waals surface area (Å²) in [5.74, 6) is 1.71. The van der Waals surface area contributed by atoms with Crippen LogP contribution in [0.5, 0.6) is 0 Å². The molecule has 2 unspecified atom stereocenters. The van der Waals surface area contributed by atoms with E-state index < -0.39 is 0 Å². The molecule has 2 saturated carbocycles. The summed E-state index contributed by atoms with van der Waals surface area (Å²) in [4.78, 5) is 32.6. The molecule has 4 heterocycles. The van der Waals surface area contributed by atoms with E-state index >= 15 is 0 Å². The summed E-state index contributed by atoms with van der Waals surface area (Å²) in [5.41, 5.74) is 6.39. The first kappa shape index (κ1) is 46.8. The Kier molecular flexibility index (Phi) is 17.9. The molecule has 4 aromatic rings. The van der Waals surface area contributed by atoms with Gasteiger partial charge >= 0.3 is 0 Å². The smallest absolute Gasteiger partial charge is 0.253 e. The summed E-state index contributed by atoms with van der Waals surface area (Å²) in [6.07, 6.45) is 16.4. The summed E-state index contributed by atoms with van der Waals surface area (Å²) in [6.45, 7) is 7.04. The lowest BCUT2D eigenvalue weighted by molar-refractivity contribution is 0.0552. The minimum absolute atomic E-state index is 0. The number of carbonyl (C=O) groups is 2. The summed E-state index contributed by atoms with van der Waals surface area (Å²) in [5, 5.41) is 3.26. The summed E-state index contributed by atoms with van der Waals surface area (Å²) in [6, 6.07) is 37.4. The third kappa shape index (κ3) is 13.2. The van der Waals surface area contributed by atoms with Crippen LogP contribution >= 0.6 is 0 Å². The van der Waals surface area contributed by atoms with Gasteiger partial charge in [0.15, 0.2) is 0 Å². The first-order chi connectivity index (χ1) is 29.5. The van der Waals surface area contributed by atoms with E-state index in [0.29, 0.717) is 31.1 Å². The minimum Gasteiger partial charge on any atom is -0.372 e. The zero-order valence-corrected chi connectivity index (χ0v) is 35.6. The number of anilines is 2. The van der Waals surface area contributed by atoms with Crippen molar-refractivity contribution in [1.29, 1.82) is 0 Å². The highest BCUT2D eigenvalue weighted by atomic mass is 16.5.